The van der Waals surface area contributed by atoms with Gasteiger partial charge in [-0.25, -0.2) is 4.79 Å². The fraction of sp³-hybridized carbons (Fsp3) is 0.857. The summed E-state index contributed by atoms with van der Waals surface area (Å²) in [4.78, 5) is 24.5. The van der Waals surface area contributed by atoms with Crippen molar-refractivity contribution in [2.75, 3.05) is 19.7 Å². The van der Waals surface area contributed by atoms with Crippen molar-refractivity contribution < 1.29 is 19.1 Å². The summed E-state index contributed by atoms with van der Waals surface area (Å²) in [5, 5.41) is 0. The Morgan fingerprint density at radius 3 is 2.42 bits per heavy atom. The van der Waals surface area contributed by atoms with Crippen molar-refractivity contribution in [3.63, 3.8) is 0 Å². The number of hydrogen-bond acceptors (Lipinski definition) is 4. The molecule has 1 aliphatic rings. The van der Waals surface area contributed by atoms with Crippen molar-refractivity contribution >= 4 is 12.1 Å². The molecule has 19 heavy (non-hydrogen) atoms. The highest BCUT2D eigenvalue weighted by atomic mass is 16.6. The molecule has 0 atom stereocenters. The van der Waals surface area contributed by atoms with Crippen LogP contribution in [0.2, 0.25) is 0 Å². The van der Waals surface area contributed by atoms with Gasteiger partial charge in [-0.05, 0) is 46.5 Å². The standard InChI is InChI=1S/C14H25NO4/c1-5-18-12(16)8-6-7-11-9-15(10-11)13(17)19-14(2,3)4/h11H,5-10H2,1-4H3. The molecule has 1 saturated heterocycles. The van der Waals surface area contributed by atoms with Gasteiger partial charge in [-0.1, -0.05) is 0 Å². The molecule has 0 aliphatic carbocycles. The van der Waals surface area contributed by atoms with Gasteiger partial charge >= 0.3 is 12.1 Å². The van der Waals surface area contributed by atoms with E-state index in [4.69, 9.17) is 9.47 Å². The topological polar surface area (TPSA) is 55.8 Å². The van der Waals surface area contributed by atoms with Crippen LogP contribution in [-0.2, 0) is 14.3 Å². The molecule has 0 bridgehead atoms. The molecule has 0 aromatic heterocycles. The van der Waals surface area contributed by atoms with Crippen molar-refractivity contribution in [3.8, 4) is 0 Å². The number of esters is 1. The largest absolute Gasteiger partial charge is 0.466 e. The highest BCUT2D eigenvalue weighted by molar-refractivity contribution is 5.69. The first-order valence-corrected chi connectivity index (χ1v) is 6.95. The van der Waals surface area contributed by atoms with Gasteiger partial charge in [-0.15, -0.1) is 0 Å². The Morgan fingerprint density at radius 2 is 1.89 bits per heavy atom. The van der Waals surface area contributed by atoms with Gasteiger partial charge in [0.2, 0.25) is 0 Å². The molecule has 1 amide bonds. The van der Waals surface area contributed by atoms with E-state index in [1.807, 2.05) is 27.7 Å². The van der Waals surface area contributed by atoms with Gasteiger partial charge in [-0.3, -0.25) is 4.79 Å². The first kappa shape index (κ1) is 15.8. The number of carbonyl (C=O) groups excluding carboxylic acids is 2. The second kappa shape index (κ2) is 6.78. The number of amides is 1. The summed E-state index contributed by atoms with van der Waals surface area (Å²) in [5.74, 6) is 0.354. The molecule has 0 spiro atoms. The number of carbonyl (C=O) groups is 2. The highest BCUT2D eigenvalue weighted by Crippen LogP contribution is 2.23. The number of hydrogen-bond donors (Lipinski definition) is 0. The van der Waals surface area contributed by atoms with Crippen LogP contribution < -0.4 is 0 Å². The molecular weight excluding hydrogens is 246 g/mol. The summed E-state index contributed by atoms with van der Waals surface area (Å²) in [6, 6.07) is 0. The van der Waals surface area contributed by atoms with Gasteiger partial charge in [0.15, 0.2) is 0 Å². The number of likely N-dealkylation sites (tertiary alicyclic amines) is 1. The van der Waals surface area contributed by atoms with Gasteiger partial charge in [-0.2, -0.15) is 0 Å². The minimum atomic E-state index is -0.438. The van der Waals surface area contributed by atoms with Crippen molar-refractivity contribution in [2.24, 2.45) is 5.92 Å². The lowest BCUT2D eigenvalue weighted by molar-refractivity contribution is -0.143. The van der Waals surface area contributed by atoms with E-state index in [0.29, 0.717) is 18.9 Å². The fourth-order valence-electron chi connectivity index (χ4n) is 2.00. The maximum Gasteiger partial charge on any atom is 0.410 e. The molecule has 110 valence electrons. The van der Waals surface area contributed by atoms with Crippen LogP contribution in [-0.4, -0.2) is 42.3 Å². The van der Waals surface area contributed by atoms with Crippen LogP contribution in [0, 0.1) is 5.92 Å². The Bertz CT molecular complexity index is 316. The Kier molecular flexibility index (Phi) is 5.63. The summed E-state index contributed by atoms with van der Waals surface area (Å²) in [6.07, 6.45) is 2.01. The van der Waals surface area contributed by atoms with Crippen LogP contribution in [0.4, 0.5) is 4.79 Å². The molecular formula is C14H25NO4. The summed E-state index contributed by atoms with van der Waals surface area (Å²) in [6.45, 7) is 9.30. The zero-order valence-electron chi connectivity index (χ0n) is 12.4. The quantitative estimate of drug-likeness (QED) is 0.721. The Morgan fingerprint density at radius 1 is 1.26 bits per heavy atom. The molecule has 0 radical (unpaired) electrons. The van der Waals surface area contributed by atoms with Gasteiger partial charge in [0, 0.05) is 19.5 Å². The molecule has 1 aliphatic heterocycles. The molecule has 1 fully saturated rings. The third-order valence-corrected chi connectivity index (χ3v) is 2.91. The third kappa shape index (κ3) is 5.94. The van der Waals surface area contributed by atoms with Gasteiger partial charge in [0.25, 0.3) is 0 Å². The Hall–Kier alpha value is -1.26. The normalized spacial score (nSPS) is 15.9. The van der Waals surface area contributed by atoms with Crippen LogP contribution in [0.5, 0.6) is 0 Å². The predicted molar refractivity (Wildman–Crippen MR) is 71.8 cm³/mol. The van der Waals surface area contributed by atoms with Crippen LogP contribution in [0.1, 0.15) is 47.0 Å². The second-order valence-corrected chi connectivity index (χ2v) is 5.95. The summed E-state index contributed by atoms with van der Waals surface area (Å²) < 4.78 is 10.1. The Balaban J connectivity index is 2.10. The van der Waals surface area contributed by atoms with E-state index in [9.17, 15) is 9.59 Å². The summed E-state index contributed by atoms with van der Waals surface area (Å²) in [7, 11) is 0. The molecule has 1 rings (SSSR count). The number of rotatable bonds is 5. The molecule has 0 unspecified atom stereocenters. The zero-order valence-corrected chi connectivity index (χ0v) is 12.4. The average Bonchev–Trinajstić information content (AvgIpc) is 2.18. The molecule has 0 aromatic carbocycles. The van der Waals surface area contributed by atoms with E-state index >= 15 is 0 Å². The lowest BCUT2D eigenvalue weighted by atomic mass is 9.94. The maximum absolute atomic E-state index is 11.7. The minimum absolute atomic E-state index is 0.133. The minimum Gasteiger partial charge on any atom is -0.466 e. The molecule has 0 aromatic rings. The van der Waals surface area contributed by atoms with E-state index < -0.39 is 5.60 Å². The van der Waals surface area contributed by atoms with Crippen LogP contribution >= 0.6 is 0 Å². The van der Waals surface area contributed by atoms with E-state index in [1.54, 1.807) is 4.90 Å². The fourth-order valence-corrected chi connectivity index (χ4v) is 2.00. The first-order chi connectivity index (χ1) is 8.81. The van der Waals surface area contributed by atoms with Crippen molar-refractivity contribution in [2.45, 2.75) is 52.6 Å². The van der Waals surface area contributed by atoms with Crippen LogP contribution in [0.3, 0.4) is 0 Å². The van der Waals surface area contributed by atoms with E-state index in [-0.39, 0.29) is 12.1 Å². The molecule has 5 heteroatoms. The summed E-state index contributed by atoms with van der Waals surface area (Å²) in [5.41, 5.74) is -0.438. The van der Waals surface area contributed by atoms with Gasteiger partial charge in [0.05, 0.1) is 6.61 Å². The summed E-state index contributed by atoms with van der Waals surface area (Å²) >= 11 is 0. The lowest BCUT2D eigenvalue weighted by Gasteiger charge is -2.39. The van der Waals surface area contributed by atoms with Crippen molar-refractivity contribution in [1.29, 1.82) is 0 Å². The van der Waals surface area contributed by atoms with E-state index in [0.717, 1.165) is 25.9 Å². The SMILES string of the molecule is CCOC(=O)CCCC1CN(C(=O)OC(C)(C)C)C1. The second-order valence-electron chi connectivity index (χ2n) is 5.95. The third-order valence-electron chi connectivity index (χ3n) is 2.91. The maximum atomic E-state index is 11.7. The average molecular weight is 271 g/mol. The van der Waals surface area contributed by atoms with E-state index in [1.165, 1.54) is 0 Å². The van der Waals surface area contributed by atoms with E-state index in [2.05, 4.69) is 0 Å². The highest BCUT2D eigenvalue weighted by Gasteiger charge is 2.33. The van der Waals surface area contributed by atoms with Gasteiger partial charge in [0.1, 0.15) is 5.60 Å². The van der Waals surface area contributed by atoms with Gasteiger partial charge < -0.3 is 14.4 Å². The lowest BCUT2D eigenvalue weighted by Crippen LogP contribution is -2.51. The van der Waals surface area contributed by atoms with Crippen LogP contribution in [0.25, 0.3) is 0 Å². The van der Waals surface area contributed by atoms with Crippen molar-refractivity contribution in [1.82, 2.24) is 4.90 Å². The molecule has 0 N–H and O–H groups in total. The predicted octanol–water partition coefficient (Wildman–Crippen LogP) is 2.59. The monoisotopic (exact) mass is 271 g/mol. The first-order valence-electron chi connectivity index (χ1n) is 6.95. The number of nitrogens with zero attached hydrogens (tertiary/aromatic N) is 1. The molecule has 5 nitrogen and oxygen atoms in total. The molecule has 1 heterocycles. The zero-order chi connectivity index (χ0) is 14.5. The number of ether oxygens (including phenoxy) is 2. The smallest absolute Gasteiger partial charge is 0.410 e. The van der Waals surface area contributed by atoms with Crippen LogP contribution in [0.15, 0.2) is 0 Å². The Labute approximate surface area is 115 Å². The van der Waals surface area contributed by atoms with Crippen molar-refractivity contribution in [3.05, 3.63) is 0 Å². The molecule has 0 saturated carbocycles.